The van der Waals surface area contributed by atoms with Gasteiger partial charge in [-0.05, 0) is 69.3 Å². The number of hydrogen-bond donors (Lipinski definition) is 2. The number of piperazine rings is 1. The number of aryl methyl sites for hydroxylation is 1. The Labute approximate surface area is 296 Å². The van der Waals surface area contributed by atoms with Gasteiger partial charge >= 0.3 is 11.8 Å². The van der Waals surface area contributed by atoms with Crippen LogP contribution in [0.5, 0.6) is 0 Å². The molecule has 0 aliphatic carbocycles. The Bertz CT molecular complexity index is 1970. The van der Waals surface area contributed by atoms with E-state index in [1.807, 2.05) is 42.2 Å². The maximum atomic E-state index is 14.1. The number of H-pyrrole nitrogens is 1. The molecule has 0 radical (unpaired) electrons. The van der Waals surface area contributed by atoms with E-state index in [2.05, 4.69) is 26.8 Å². The zero-order valence-corrected chi connectivity index (χ0v) is 29.4. The molecular weight excluding hydrogens is 656 g/mol. The highest BCUT2D eigenvalue weighted by Crippen LogP contribution is 2.34. The first-order valence-corrected chi connectivity index (χ1v) is 18.2. The van der Waals surface area contributed by atoms with Crippen LogP contribution in [0.15, 0.2) is 47.4 Å². The van der Waals surface area contributed by atoms with Crippen LogP contribution in [0.25, 0.3) is 21.9 Å². The van der Waals surface area contributed by atoms with Gasteiger partial charge < -0.3 is 30.2 Å². The van der Waals surface area contributed by atoms with E-state index in [9.17, 15) is 14.4 Å². The summed E-state index contributed by atoms with van der Waals surface area (Å²) in [4.78, 5) is 57.2. The smallest absolute Gasteiger partial charge is 0.410 e. The van der Waals surface area contributed by atoms with Crippen molar-refractivity contribution in [3.63, 3.8) is 0 Å². The first kappa shape index (κ1) is 33.0. The number of nitrogens with one attached hydrogen (secondary N) is 1. The second-order valence-electron chi connectivity index (χ2n) is 14.7. The van der Waals surface area contributed by atoms with E-state index < -0.39 is 12.2 Å². The topological polar surface area (TPSA) is 133 Å². The van der Waals surface area contributed by atoms with Crippen LogP contribution in [0, 0.1) is 6.92 Å². The average Bonchev–Trinajstić information content (AvgIpc) is 3.81. The van der Waals surface area contributed by atoms with Crippen molar-refractivity contribution in [2.24, 2.45) is 0 Å². The number of benzene rings is 2. The Balaban J connectivity index is 0.948. The zero-order chi connectivity index (χ0) is 34.7. The highest BCUT2D eigenvalue weighted by atomic mass is 35.5. The van der Waals surface area contributed by atoms with Gasteiger partial charge in [-0.2, -0.15) is 0 Å². The highest BCUT2D eigenvalue weighted by molar-refractivity contribution is 6.33. The second-order valence-corrected chi connectivity index (χ2v) is 15.1. The number of ether oxygens (including phenoxy) is 1. The largest absolute Gasteiger partial charge is 0.436 e. The number of para-hydroxylation sites is 1. The van der Waals surface area contributed by atoms with E-state index in [0.717, 1.165) is 59.0 Å². The summed E-state index contributed by atoms with van der Waals surface area (Å²) in [6.45, 7) is 6.18. The number of halogens is 1. The lowest BCUT2D eigenvalue weighted by atomic mass is 9.99. The minimum atomic E-state index is -0.997. The van der Waals surface area contributed by atoms with E-state index in [1.165, 1.54) is 6.42 Å². The maximum absolute atomic E-state index is 14.1. The van der Waals surface area contributed by atoms with Crippen molar-refractivity contribution in [3.05, 3.63) is 69.2 Å². The van der Waals surface area contributed by atoms with Gasteiger partial charge in [-0.25, -0.2) is 9.59 Å². The van der Waals surface area contributed by atoms with E-state index in [4.69, 9.17) is 22.1 Å². The number of amides is 2. The van der Waals surface area contributed by atoms with Gasteiger partial charge in [-0.1, -0.05) is 35.9 Å². The first-order chi connectivity index (χ1) is 24.1. The summed E-state index contributed by atoms with van der Waals surface area (Å²) >= 11 is 6.43. The van der Waals surface area contributed by atoms with Crippen molar-refractivity contribution in [1.29, 1.82) is 0 Å². The Hall–Kier alpha value is -4.13. The molecule has 4 aliphatic rings. The molecule has 2 aromatic heterocycles. The average molecular weight is 701 g/mol. The fourth-order valence-corrected chi connectivity index (χ4v) is 9.18. The van der Waals surface area contributed by atoms with Crippen LogP contribution in [0.3, 0.4) is 0 Å². The lowest BCUT2D eigenvalue weighted by molar-refractivity contribution is -0.142. The van der Waals surface area contributed by atoms with Crippen molar-refractivity contribution in [3.8, 4) is 0 Å². The molecule has 8 rings (SSSR count). The van der Waals surface area contributed by atoms with Crippen LogP contribution >= 0.6 is 11.6 Å². The number of pyridine rings is 1. The van der Waals surface area contributed by atoms with Gasteiger partial charge in [0.05, 0.1) is 33.5 Å². The van der Waals surface area contributed by atoms with Gasteiger partial charge in [-0.15, -0.1) is 0 Å². The van der Waals surface area contributed by atoms with Gasteiger partial charge in [0.2, 0.25) is 0 Å². The van der Waals surface area contributed by atoms with Gasteiger partial charge in [-0.3, -0.25) is 19.2 Å². The third kappa shape index (κ3) is 6.01. The Morgan fingerprint density at radius 2 is 1.72 bits per heavy atom. The number of rotatable bonds is 6. The summed E-state index contributed by atoms with van der Waals surface area (Å²) in [6.07, 6.45) is 4.64. The molecule has 4 fully saturated rings. The Kier molecular flexibility index (Phi) is 8.73. The van der Waals surface area contributed by atoms with E-state index in [1.54, 1.807) is 21.7 Å². The molecule has 13 heteroatoms. The predicted octanol–water partition coefficient (Wildman–Crippen LogP) is 4.19. The van der Waals surface area contributed by atoms with Gasteiger partial charge in [0.25, 0.3) is 5.91 Å². The van der Waals surface area contributed by atoms with Gasteiger partial charge in [0, 0.05) is 75.2 Å². The Morgan fingerprint density at radius 3 is 2.42 bits per heavy atom. The van der Waals surface area contributed by atoms with Crippen LogP contribution in [-0.4, -0.2) is 117 Å². The number of aromatic amines is 1. The summed E-state index contributed by atoms with van der Waals surface area (Å²) in [5.74, 6) is -0.176. The summed E-state index contributed by atoms with van der Waals surface area (Å²) in [7, 11) is 2.22. The molecule has 2 aromatic carbocycles. The van der Waals surface area contributed by atoms with Crippen molar-refractivity contribution in [2.75, 3.05) is 52.0 Å². The number of fused-ring (bicyclic) bond motifs is 5. The summed E-state index contributed by atoms with van der Waals surface area (Å²) in [5, 5.41) is 1.32. The fourth-order valence-electron chi connectivity index (χ4n) is 8.89. The third-order valence-electron chi connectivity index (χ3n) is 11.7. The fraction of sp³-hybridized carbons (Fsp3) is 0.514. The lowest BCUT2D eigenvalue weighted by Gasteiger charge is -2.42. The van der Waals surface area contributed by atoms with Gasteiger partial charge in [0.1, 0.15) is 0 Å². The molecule has 0 saturated carbocycles. The molecule has 0 spiro atoms. The highest BCUT2D eigenvalue weighted by Gasteiger charge is 2.45. The quantitative estimate of drug-likeness (QED) is 0.287. The molecule has 3 atom stereocenters. The van der Waals surface area contributed by atoms with Crippen molar-refractivity contribution in [2.45, 2.75) is 75.7 Å². The number of hydrogen-bond acceptors (Lipinski definition) is 8. The number of carbonyl (C=O) groups is 2. The Morgan fingerprint density at radius 1 is 1.00 bits per heavy atom. The molecule has 3 N–H and O–H groups in total. The molecule has 2 bridgehead atoms. The molecule has 4 aliphatic heterocycles. The number of nitrogen functional groups attached to an aromatic ring is 1. The van der Waals surface area contributed by atoms with E-state index >= 15 is 0 Å². The number of likely N-dealkylation sites (N-methyl/N-ethyl adjacent to an activating group) is 1. The number of carbonyl (C=O) groups excluding carboxylic acids is 2. The van der Waals surface area contributed by atoms with Crippen molar-refractivity contribution >= 4 is 51.2 Å². The molecule has 4 aromatic rings. The lowest BCUT2D eigenvalue weighted by Crippen LogP contribution is -2.54. The third-order valence-corrected chi connectivity index (χ3v) is 12.0. The molecule has 2 amide bonds. The van der Waals surface area contributed by atoms with Crippen LogP contribution in [0.2, 0.25) is 5.02 Å². The number of imidazole rings is 1. The second kappa shape index (κ2) is 13.2. The molecule has 2 unspecified atom stereocenters. The minimum absolute atomic E-state index is 0.104. The summed E-state index contributed by atoms with van der Waals surface area (Å²) < 4.78 is 7.86. The number of aromatic nitrogens is 3. The number of nitrogens with zero attached hydrogens (tertiary/aromatic N) is 6. The first-order valence-electron chi connectivity index (χ1n) is 17.9. The van der Waals surface area contributed by atoms with Crippen LogP contribution in [-0.2, 0) is 16.0 Å². The zero-order valence-electron chi connectivity index (χ0n) is 28.7. The van der Waals surface area contributed by atoms with Crippen molar-refractivity contribution < 1.29 is 14.3 Å². The summed E-state index contributed by atoms with van der Waals surface area (Å²) in [5.41, 5.74) is 10.4. The molecule has 6 heterocycles. The molecular formula is C37H45ClN8O4. The van der Waals surface area contributed by atoms with Crippen LogP contribution in [0.4, 0.5) is 10.5 Å². The predicted molar refractivity (Wildman–Crippen MR) is 193 cm³/mol. The monoisotopic (exact) mass is 700 g/mol. The number of piperidine rings is 2. The van der Waals surface area contributed by atoms with Gasteiger partial charge in [0.15, 0.2) is 6.10 Å². The molecule has 50 heavy (non-hydrogen) atoms. The normalized spacial score (nSPS) is 22.9. The maximum Gasteiger partial charge on any atom is 0.410 e. The van der Waals surface area contributed by atoms with E-state index in [-0.39, 0.29) is 24.1 Å². The molecule has 264 valence electrons. The standard InChI is InChI=1S/C37H45ClN8O4/c1-22-15-23(16-29(38)33(22)39)17-32(35(47)43-11-7-24(8-12-43)45-21-26-18-27(45)20-42(26)2)50-37(49)44-13-9-25(10-14-44)46-31-19-40-30-6-4-3-5-28(30)34(31)41-36(46)48/h3-6,15-16,19,24-27,32H,7-14,17-18,20-21,39H2,1-2H3,(H,41,48)/t26?,27?,32-/m1/s1. The number of anilines is 1. The number of likely N-dealkylation sites (tertiary alicyclic amines) is 4. The van der Waals surface area contributed by atoms with Crippen LogP contribution in [0.1, 0.15) is 49.3 Å². The van der Waals surface area contributed by atoms with Crippen LogP contribution < -0.4 is 11.4 Å². The molecule has 12 nitrogen and oxygen atoms in total. The number of nitrogens with two attached hydrogens (primary N) is 1. The summed E-state index contributed by atoms with van der Waals surface area (Å²) in [6, 6.07) is 13.0. The van der Waals surface area contributed by atoms with Crippen molar-refractivity contribution in [1.82, 2.24) is 34.1 Å². The minimum Gasteiger partial charge on any atom is -0.436 e. The molecule has 4 saturated heterocycles. The SMILES string of the molecule is Cc1cc(C[C@@H](OC(=O)N2CCC(n3c(=O)[nH]c4c5ccccc5ncc43)CC2)C(=O)N2CCC(N3CC4CC3CN4C)CC2)cc(Cl)c1N. The van der Waals surface area contributed by atoms with E-state index in [0.29, 0.717) is 67.9 Å².